The number of esters is 4. The summed E-state index contributed by atoms with van der Waals surface area (Å²) in [6.45, 7) is 2.50. The molecular formula is C26H30O10. The Morgan fingerprint density at radius 3 is 1.50 bits per heavy atom. The van der Waals surface area contributed by atoms with Crippen molar-refractivity contribution >= 4 is 23.9 Å². The van der Waals surface area contributed by atoms with E-state index in [1.165, 1.54) is 7.11 Å². The average Bonchev–Trinajstić information content (AvgIpc) is 2.87. The van der Waals surface area contributed by atoms with E-state index in [4.69, 9.17) is 28.4 Å². The molecule has 0 fully saturated rings. The highest BCUT2D eigenvalue weighted by Crippen LogP contribution is 2.25. The molecule has 194 valence electrons. The van der Waals surface area contributed by atoms with Crippen LogP contribution < -0.4 is 9.47 Å². The van der Waals surface area contributed by atoms with Crippen LogP contribution in [0.5, 0.6) is 11.5 Å². The van der Waals surface area contributed by atoms with E-state index >= 15 is 0 Å². The fraction of sp³-hybridized carbons (Fsp3) is 0.385. The SMILES string of the molecule is CCOCOC(=O)CCC(=O)Oc1ccc(-c2ccc(OC(=O)CCC(=O)OCCOC)cc2)cc1. The Morgan fingerprint density at radius 2 is 1.06 bits per heavy atom. The normalized spacial score (nSPS) is 10.4. The summed E-state index contributed by atoms with van der Waals surface area (Å²) in [6, 6.07) is 13.7. The molecule has 10 nitrogen and oxygen atoms in total. The molecule has 2 aromatic carbocycles. The summed E-state index contributed by atoms with van der Waals surface area (Å²) in [6.07, 6.45) is -0.376. The van der Waals surface area contributed by atoms with Gasteiger partial charge in [0.15, 0.2) is 6.79 Å². The lowest BCUT2D eigenvalue weighted by Gasteiger charge is -2.08. The first-order chi connectivity index (χ1) is 17.4. The number of hydrogen-bond donors (Lipinski definition) is 0. The molecule has 0 spiro atoms. The van der Waals surface area contributed by atoms with Gasteiger partial charge in [0.25, 0.3) is 0 Å². The minimum atomic E-state index is -0.550. The van der Waals surface area contributed by atoms with Crippen LogP contribution in [0.15, 0.2) is 48.5 Å². The van der Waals surface area contributed by atoms with E-state index in [9.17, 15) is 19.2 Å². The van der Waals surface area contributed by atoms with Gasteiger partial charge in [-0.2, -0.15) is 0 Å². The van der Waals surface area contributed by atoms with Gasteiger partial charge in [-0.15, -0.1) is 0 Å². The summed E-state index contributed by atoms with van der Waals surface area (Å²) in [5.41, 5.74) is 1.71. The highest BCUT2D eigenvalue weighted by molar-refractivity contribution is 5.80. The number of rotatable bonds is 15. The van der Waals surface area contributed by atoms with Crippen LogP contribution in [0.4, 0.5) is 0 Å². The van der Waals surface area contributed by atoms with Gasteiger partial charge in [0.2, 0.25) is 0 Å². The maximum atomic E-state index is 11.9. The fourth-order valence-electron chi connectivity index (χ4n) is 2.78. The van der Waals surface area contributed by atoms with Crippen molar-refractivity contribution < 1.29 is 47.6 Å². The van der Waals surface area contributed by atoms with E-state index in [1.54, 1.807) is 55.5 Å². The second kappa shape index (κ2) is 16.0. The molecule has 0 aliphatic rings. The monoisotopic (exact) mass is 502 g/mol. The van der Waals surface area contributed by atoms with Gasteiger partial charge in [-0.25, -0.2) is 0 Å². The molecule has 0 N–H and O–H groups in total. The Bertz CT molecular complexity index is 901. The third kappa shape index (κ3) is 11.1. The molecule has 0 aromatic heterocycles. The summed E-state index contributed by atoms with van der Waals surface area (Å²) in [5, 5.41) is 0. The lowest BCUT2D eigenvalue weighted by molar-refractivity contribution is -0.157. The number of methoxy groups -OCH3 is 1. The van der Waals surface area contributed by atoms with E-state index in [-0.39, 0.29) is 39.1 Å². The van der Waals surface area contributed by atoms with E-state index < -0.39 is 23.9 Å². The molecule has 10 heteroatoms. The summed E-state index contributed by atoms with van der Waals surface area (Å²) in [5.74, 6) is -1.43. The van der Waals surface area contributed by atoms with Crippen LogP contribution in [0.3, 0.4) is 0 Å². The third-order valence-corrected chi connectivity index (χ3v) is 4.63. The smallest absolute Gasteiger partial charge is 0.311 e. The molecule has 0 amide bonds. The van der Waals surface area contributed by atoms with Crippen LogP contribution in [0.2, 0.25) is 0 Å². The van der Waals surface area contributed by atoms with E-state index in [0.29, 0.717) is 24.7 Å². The van der Waals surface area contributed by atoms with Crippen LogP contribution in [0, 0.1) is 0 Å². The van der Waals surface area contributed by atoms with E-state index in [0.717, 1.165) is 11.1 Å². The van der Waals surface area contributed by atoms with Crippen molar-refractivity contribution in [3.63, 3.8) is 0 Å². The quantitative estimate of drug-likeness (QED) is 0.155. The second-order valence-electron chi connectivity index (χ2n) is 7.34. The zero-order valence-corrected chi connectivity index (χ0v) is 20.4. The summed E-state index contributed by atoms with van der Waals surface area (Å²) >= 11 is 0. The van der Waals surface area contributed by atoms with Gasteiger partial charge in [-0.3, -0.25) is 19.2 Å². The number of carbonyl (C=O) groups is 4. The predicted octanol–water partition coefficient (Wildman–Crippen LogP) is 3.45. The lowest BCUT2D eigenvalue weighted by Crippen LogP contribution is -2.14. The molecule has 0 aliphatic carbocycles. The standard InChI is InChI=1S/C26H30O10/c1-3-32-18-34-24(28)13-15-26(30)36-22-10-6-20(7-11-22)19-4-8-21(9-5-19)35-25(29)14-12-23(27)33-17-16-31-2/h4-11H,3,12-18H2,1-2H3. The summed E-state index contributed by atoms with van der Waals surface area (Å²) in [4.78, 5) is 46.9. The zero-order valence-electron chi connectivity index (χ0n) is 20.4. The Hall–Kier alpha value is -3.76. The molecular weight excluding hydrogens is 472 g/mol. The minimum absolute atomic E-state index is 0.0739. The van der Waals surface area contributed by atoms with Crippen LogP contribution in [0.25, 0.3) is 11.1 Å². The maximum Gasteiger partial charge on any atom is 0.311 e. The Balaban J connectivity index is 1.77. The lowest BCUT2D eigenvalue weighted by atomic mass is 10.1. The van der Waals surface area contributed by atoms with Crippen molar-refractivity contribution in [1.29, 1.82) is 0 Å². The van der Waals surface area contributed by atoms with Crippen molar-refractivity contribution in [2.45, 2.75) is 32.6 Å². The van der Waals surface area contributed by atoms with Crippen molar-refractivity contribution in [3.8, 4) is 22.6 Å². The largest absolute Gasteiger partial charge is 0.463 e. The number of hydrogen-bond acceptors (Lipinski definition) is 10. The molecule has 2 rings (SSSR count). The van der Waals surface area contributed by atoms with Gasteiger partial charge in [-0.1, -0.05) is 24.3 Å². The molecule has 2 aromatic rings. The maximum absolute atomic E-state index is 11.9. The van der Waals surface area contributed by atoms with E-state index in [1.807, 2.05) is 0 Å². The first-order valence-corrected chi connectivity index (χ1v) is 11.4. The van der Waals surface area contributed by atoms with Gasteiger partial charge in [0.05, 0.1) is 32.3 Å². The Morgan fingerprint density at radius 1 is 0.611 bits per heavy atom. The molecule has 36 heavy (non-hydrogen) atoms. The average molecular weight is 503 g/mol. The van der Waals surface area contributed by atoms with Crippen molar-refractivity contribution in [3.05, 3.63) is 48.5 Å². The fourth-order valence-corrected chi connectivity index (χ4v) is 2.78. The molecule has 0 unspecified atom stereocenters. The molecule has 0 atom stereocenters. The summed E-state index contributed by atoms with van der Waals surface area (Å²) in [7, 11) is 1.50. The third-order valence-electron chi connectivity index (χ3n) is 4.63. The first-order valence-electron chi connectivity index (χ1n) is 11.4. The van der Waals surface area contributed by atoms with Gasteiger partial charge in [-0.05, 0) is 42.3 Å². The van der Waals surface area contributed by atoms with Gasteiger partial charge in [0, 0.05) is 13.7 Å². The highest BCUT2D eigenvalue weighted by atomic mass is 16.7. The predicted molar refractivity (Wildman–Crippen MR) is 127 cm³/mol. The zero-order chi connectivity index (χ0) is 26.2. The number of carbonyl (C=O) groups excluding carboxylic acids is 4. The van der Waals surface area contributed by atoms with Gasteiger partial charge in [0.1, 0.15) is 18.1 Å². The van der Waals surface area contributed by atoms with Crippen LogP contribution in [0.1, 0.15) is 32.6 Å². The topological polar surface area (TPSA) is 124 Å². The summed E-state index contributed by atoms with van der Waals surface area (Å²) < 4.78 is 29.9. The molecule has 0 bridgehead atoms. The first kappa shape index (κ1) is 28.5. The van der Waals surface area contributed by atoms with Crippen LogP contribution >= 0.6 is 0 Å². The number of benzene rings is 2. The van der Waals surface area contributed by atoms with E-state index in [2.05, 4.69) is 0 Å². The van der Waals surface area contributed by atoms with Crippen molar-refractivity contribution in [2.75, 3.05) is 33.7 Å². The number of ether oxygens (including phenoxy) is 6. The Labute approximate surface area is 209 Å². The Kier molecular flexibility index (Phi) is 12.7. The van der Waals surface area contributed by atoms with Crippen LogP contribution in [-0.2, 0) is 38.1 Å². The molecule has 0 radical (unpaired) electrons. The van der Waals surface area contributed by atoms with Crippen molar-refractivity contribution in [2.24, 2.45) is 0 Å². The molecule has 0 aliphatic heterocycles. The second-order valence-corrected chi connectivity index (χ2v) is 7.34. The highest BCUT2D eigenvalue weighted by Gasteiger charge is 2.12. The minimum Gasteiger partial charge on any atom is -0.463 e. The van der Waals surface area contributed by atoms with Gasteiger partial charge >= 0.3 is 23.9 Å². The molecule has 0 saturated carbocycles. The van der Waals surface area contributed by atoms with Gasteiger partial charge < -0.3 is 28.4 Å². The van der Waals surface area contributed by atoms with Crippen molar-refractivity contribution in [1.82, 2.24) is 0 Å². The molecule has 0 heterocycles. The van der Waals surface area contributed by atoms with Crippen LogP contribution in [-0.4, -0.2) is 57.6 Å². The molecule has 0 saturated heterocycles.